The smallest absolute Gasteiger partial charge is 0.744 e. The first-order valence-corrected chi connectivity index (χ1v) is 20.0. The van der Waals surface area contributed by atoms with Gasteiger partial charge in [-0.05, 0) is 61.1 Å². The third-order valence-corrected chi connectivity index (χ3v) is 9.76. The zero-order valence-electron chi connectivity index (χ0n) is 29.4. The second-order valence-corrected chi connectivity index (χ2v) is 14.8. The number of benzene rings is 2. The van der Waals surface area contributed by atoms with Crippen LogP contribution in [0.25, 0.3) is 0 Å². The van der Waals surface area contributed by atoms with Gasteiger partial charge in [-0.3, -0.25) is 0 Å². The Hall–Kier alpha value is 0.260. The number of rotatable bonds is 24. The van der Waals surface area contributed by atoms with Gasteiger partial charge in [0.25, 0.3) is 0 Å². The third kappa shape index (κ3) is 26.2. The average molecular weight is 697 g/mol. The molecule has 0 amide bonds. The maximum Gasteiger partial charge on any atom is 1.00 e. The molecule has 0 unspecified atom stereocenters. The van der Waals surface area contributed by atoms with Crippen molar-refractivity contribution in [2.24, 2.45) is 0 Å². The molecule has 0 fully saturated rings. The van der Waals surface area contributed by atoms with Crippen molar-refractivity contribution in [3.63, 3.8) is 0 Å². The molecule has 0 aliphatic heterocycles. The zero-order valence-corrected chi connectivity index (χ0v) is 35.1. The minimum absolute atomic E-state index is 0. The van der Waals surface area contributed by atoms with Crippen molar-refractivity contribution in [1.29, 1.82) is 0 Å². The maximum atomic E-state index is 10.8. The summed E-state index contributed by atoms with van der Waals surface area (Å²) in [5.41, 5.74) is 2.21. The van der Waals surface area contributed by atoms with E-state index in [9.17, 15) is 25.9 Å². The molecule has 2 rings (SSSR count). The molecule has 252 valence electrons. The molecule has 0 atom stereocenters. The zero-order chi connectivity index (χ0) is 32.5. The van der Waals surface area contributed by atoms with Gasteiger partial charge in [0.15, 0.2) is 0 Å². The van der Waals surface area contributed by atoms with Gasteiger partial charge in [-0.2, -0.15) is 0 Å². The molecule has 10 heteroatoms. The first-order valence-electron chi connectivity index (χ1n) is 17.2. The Morgan fingerprint density at radius 2 is 0.609 bits per heavy atom. The number of hydrogen-bond acceptors (Lipinski definition) is 6. The van der Waals surface area contributed by atoms with E-state index in [0.717, 1.165) is 36.8 Å². The van der Waals surface area contributed by atoms with Crippen molar-refractivity contribution in [3.05, 3.63) is 59.7 Å². The van der Waals surface area contributed by atoms with Gasteiger partial charge in [0.1, 0.15) is 20.2 Å². The minimum atomic E-state index is -4.31. The second-order valence-electron chi connectivity index (χ2n) is 12.1. The molecule has 0 saturated heterocycles. The summed E-state index contributed by atoms with van der Waals surface area (Å²) in [5.74, 6) is 0. The Morgan fingerprint density at radius 1 is 0.391 bits per heavy atom. The van der Waals surface area contributed by atoms with Crippen LogP contribution in [-0.4, -0.2) is 25.9 Å². The molecule has 0 heterocycles. The monoisotopic (exact) mass is 696 g/mol. The summed E-state index contributed by atoms with van der Waals surface area (Å²) < 4.78 is 65.0. The first kappa shape index (κ1) is 48.4. The van der Waals surface area contributed by atoms with Gasteiger partial charge < -0.3 is 9.11 Å². The molecule has 2 aromatic carbocycles. The van der Waals surface area contributed by atoms with Crippen molar-refractivity contribution in [1.82, 2.24) is 0 Å². The van der Waals surface area contributed by atoms with Gasteiger partial charge in [-0.25, -0.2) is 16.8 Å². The van der Waals surface area contributed by atoms with Crippen molar-refractivity contribution < 1.29 is 85.1 Å². The molecule has 6 nitrogen and oxygen atoms in total. The summed E-state index contributed by atoms with van der Waals surface area (Å²) >= 11 is 0. The fourth-order valence-corrected chi connectivity index (χ4v) is 6.22. The molecule has 0 N–H and O–H groups in total. The van der Waals surface area contributed by atoms with Gasteiger partial charge in [-0.15, -0.1) is 0 Å². The topological polar surface area (TPSA) is 114 Å². The summed E-state index contributed by atoms with van der Waals surface area (Å²) in [6, 6.07) is 12.6. The fraction of sp³-hybridized carbons (Fsp3) is 0.667. The van der Waals surface area contributed by atoms with E-state index in [-0.39, 0.29) is 68.9 Å². The largest absolute Gasteiger partial charge is 1.00 e. The average Bonchev–Trinajstić information content (AvgIpc) is 2.99. The molecular formula is C36H58Na2O6S2. The molecule has 0 spiro atoms. The summed E-state index contributed by atoms with van der Waals surface area (Å²) in [5, 5.41) is 0. The molecule has 0 bridgehead atoms. The van der Waals surface area contributed by atoms with Crippen LogP contribution in [0.5, 0.6) is 0 Å². The first-order chi connectivity index (χ1) is 21.1. The summed E-state index contributed by atoms with van der Waals surface area (Å²) in [6.45, 7) is 4.49. The van der Waals surface area contributed by atoms with Crippen molar-refractivity contribution in [2.45, 2.75) is 165 Å². The van der Waals surface area contributed by atoms with E-state index in [0.29, 0.717) is 0 Å². The van der Waals surface area contributed by atoms with Crippen LogP contribution < -0.4 is 59.1 Å². The van der Waals surface area contributed by atoms with Gasteiger partial charge in [-0.1, -0.05) is 154 Å². The van der Waals surface area contributed by atoms with Crippen LogP contribution in [0.3, 0.4) is 0 Å². The van der Waals surface area contributed by atoms with Gasteiger partial charge >= 0.3 is 59.1 Å². The third-order valence-electron chi connectivity index (χ3n) is 8.06. The van der Waals surface area contributed by atoms with E-state index in [1.54, 1.807) is 24.3 Å². The Kier molecular flexibility index (Phi) is 31.7. The van der Waals surface area contributed by atoms with E-state index in [4.69, 9.17) is 0 Å². The van der Waals surface area contributed by atoms with E-state index in [1.807, 2.05) is 0 Å². The summed E-state index contributed by atoms with van der Waals surface area (Å²) in [7, 11) is -8.63. The van der Waals surface area contributed by atoms with E-state index in [1.165, 1.54) is 140 Å². The molecule has 0 radical (unpaired) electrons. The number of aryl methyl sites for hydroxylation is 2. The Balaban J connectivity index is 0. The Bertz CT molecular complexity index is 1090. The van der Waals surface area contributed by atoms with Crippen LogP contribution in [0.2, 0.25) is 0 Å². The Morgan fingerprint density at radius 3 is 0.826 bits per heavy atom. The van der Waals surface area contributed by atoms with Crippen LogP contribution in [0, 0.1) is 0 Å². The molecule has 0 aromatic heterocycles. The molecular weight excluding hydrogens is 639 g/mol. The van der Waals surface area contributed by atoms with E-state index in [2.05, 4.69) is 13.8 Å². The Labute approximate surface area is 326 Å². The normalized spacial score (nSPS) is 11.2. The summed E-state index contributed by atoms with van der Waals surface area (Å²) in [4.78, 5) is -0.279. The quantitative estimate of drug-likeness (QED) is 0.0928. The molecule has 2 aromatic rings. The second kappa shape index (κ2) is 30.1. The van der Waals surface area contributed by atoms with Gasteiger partial charge in [0.05, 0.1) is 9.79 Å². The molecule has 46 heavy (non-hydrogen) atoms. The van der Waals surface area contributed by atoms with Crippen LogP contribution >= 0.6 is 0 Å². The van der Waals surface area contributed by atoms with Crippen LogP contribution in [-0.2, 0) is 33.1 Å². The predicted octanol–water partition coefficient (Wildman–Crippen LogP) is 4.12. The van der Waals surface area contributed by atoms with Crippen LogP contribution in [0.1, 0.15) is 153 Å². The molecule has 0 aliphatic carbocycles. The van der Waals surface area contributed by atoms with E-state index >= 15 is 0 Å². The number of unbranched alkanes of at least 4 members (excludes halogenated alkanes) is 18. The number of hydrogen-bond donors (Lipinski definition) is 0. The van der Waals surface area contributed by atoms with Crippen molar-refractivity contribution in [2.75, 3.05) is 0 Å². The van der Waals surface area contributed by atoms with Crippen molar-refractivity contribution >= 4 is 20.2 Å². The van der Waals surface area contributed by atoms with Crippen molar-refractivity contribution in [3.8, 4) is 0 Å². The van der Waals surface area contributed by atoms with Gasteiger partial charge in [0, 0.05) is 0 Å². The molecule has 0 aliphatic rings. The van der Waals surface area contributed by atoms with E-state index < -0.39 is 20.2 Å². The van der Waals surface area contributed by atoms with Crippen LogP contribution in [0.15, 0.2) is 58.3 Å². The molecule has 0 saturated carbocycles. The maximum absolute atomic E-state index is 10.8. The SMILES string of the molecule is CCCCCCCCCCCCc1ccc(S(=O)(=O)[O-])cc1.CCCCCCCCCCCCc1ccc(S(=O)(=O)[O-])cc1.[Na+].[Na+]. The standard InChI is InChI=1S/2C18H30O3S.2Na/c2*1-2-3-4-5-6-7-8-9-10-11-12-17-13-15-18(16-14-17)22(19,20)21;;/h2*13-16H,2-12H2,1H3,(H,19,20,21);;/q;;2*+1/p-2. The fourth-order valence-electron chi connectivity index (χ4n) is 5.28. The van der Waals surface area contributed by atoms with Crippen LogP contribution in [0.4, 0.5) is 0 Å². The predicted molar refractivity (Wildman–Crippen MR) is 180 cm³/mol. The van der Waals surface area contributed by atoms with Gasteiger partial charge in [0.2, 0.25) is 0 Å². The summed E-state index contributed by atoms with van der Waals surface area (Å²) in [6.07, 6.45) is 28.1. The minimum Gasteiger partial charge on any atom is -0.744 e.